The maximum absolute atomic E-state index is 13.1. The third-order valence-electron chi connectivity index (χ3n) is 2.05. The number of benzene rings is 1. The zero-order valence-corrected chi connectivity index (χ0v) is 8.76. The van der Waals surface area contributed by atoms with Crippen LogP contribution in [0.2, 0.25) is 0 Å². The van der Waals surface area contributed by atoms with Gasteiger partial charge < -0.3 is 5.32 Å². The first-order valence-corrected chi connectivity index (χ1v) is 5.00. The molecule has 0 atom stereocenters. The lowest BCUT2D eigenvalue weighted by atomic mass is 10.2. The van der Waals surface area contributed by atoms with Crippen molar-refractivity contribution in [2.75, 3.05) is 6.54 Å². The van der Waals surface area contributed by atoms with Gasteiger partial charge in [-0.2, -0.15) is 0 Å². The van der Waals surface area contributed by atoms with Crippen LogP contribution in [0.3, 0.4) is 0 Å². The van der Waals surface area contributed by atoms with E-state index in [0.29, 0.717) is 12.1 Å². The fourth-order valence-corrected chi connectivity index (χ4v) is 1.24. The Morgan fingerprint density at radius 1 is 1.33 bits per heavy atom. The molecule has 1 aromatic rings. The van der Waals surface area contributed by atoms with E-state index in [-0.39, 0.29) is 0 Å². The topological polar surface area (TPSA) is 12.0 Å². The third-order valence-corrected chi connectivity index (χ3v) is 2.05. The number of allylic oxidation sites excluding steroid dienone is 1. The normalized spacial score (nSPS) is 11.1. The lowest BCUT2D eigenvalue weighted by Gasteiger charge is -2.04. The summed E-state index contributed by atoms with van der Waals surface area (Å²) in [7, 11) is 0. The second-order valence-corrected chi connectivity index (χ2v) is 3.27. The summed E-state index contributed by atoms with van der Waals surface area (Å²) in [4.78, 5) is 0. The molecule has 0 bridgehead atoms. The van der Waals surface area contributed by atoms with Gasteiger partial charge in [0, 0.05) is 18.2 Å². The molecule has 0 radical (unpaired) electrons. The molecule has 0 heterocycles. The first-order chi connectivity index (χ1) is 7.24. The van der Waals surface area contributed by atoms with Gasteiger partial charge in [-0.15, -0.1) is 0 Å². The van der Waals surface area contributed by atoms with E-state index in [4.69, 9.17) is 0 Å². The standard InChI is InChI=1S/C12H15F2N/c1-2-3-4-7-15-9-10-5-6-11(13)8-12(10)14/h2-3,5-6,8,15H,4,7,9H2,1H3/b3-2+. The van der Waals surface area contributed by atoms with Gasteiger partial charge in [-0.3, -0.25) is 0 Å². The molecule has 0 amide bonds. The van der Waals surface area contributed by atoms with E-state index in [1.54, 1.807) is 0 Å². The zero-order valence-electron chi connectivity index (χ0n) is 8.76. The molecule has 0 fully saturated rings. The molecule has 1 N–H and O–H groups in total. The SMILES string of the molecule is C/C=C/CCNCc1ccc(F)cc1F. The van der Waals surface area contributed by atoms with Crippen LogP contribution in [0.1, 0.15) is 18.9 Å². The zero-order chi connectivity index (χ0) is 11.1. The number of halogens is 2. The molecule has 1 nitrogen and oxygen atoms in total. The molecule has 0 spiro atoms. The second kappa shape index (κ2) is 6.30. The highest BCUT2D eigenvalue weighted by Crippen LogP contribution is 2.08. The van der Waals surface area contributed by atoms with Crippen LogP contribution in [-0.2, 0) is 6.54 Å². The van der Waals surface area contributed by atoms with E-state index in [0.717, 1.165) is 19.0 Å². The first kappa shape index (κ1) is 11.9. The largest absolute Gasteiger partial charge is 0.312 e. The molecule has 82 valence electrons. The summed E-state index contributed by atoms with van der Waals surface area (Å²) < 4.78 is 25.7. The summed E-state index contributed by atoms with van der Waals surface area (Å²) in [5, 5.41) is 3.08. The van der Waals surface area contributed by atoms with Crippen LogP contribution in [0.25, 0.3) is 0 Å². The lowest BCUT2D eigenvalue weighted by Crippen LogP contribution is -2.15. The molecule has 0 aliphatic rings. The molecule has 3 heteroatoms. The Hall–Kier alpha value is -1.22. The molecular weight excluding hydrogens is 196 g/mol. The Balaban J connectivity index is 2.37. The number of hydrogen-bond donors (Lipinski definition) is 1. The summed E-state index contributed by atoms with van der Waals surface area (Å²) in [6.45, 7) is 3.18. The van der Waals surface area contributed by atoms with Crippen molar-refractivity contribution in [2.24, 2.45) is 0 Å². The molecule has 0 unspecified atom stereocenters. The smallest absolute Gasteiger partial charge is 0.130 e. The summed E-state index contributed by atoms with van der Waals surface area (Å²) in [6, 6.07) is 3.64. The van der Waals surface area contributed by atoms with Crippen molar-refractivity contribution in [3.63, 3.8) is 0 Å². The van der Waals surface area contributed by atoms with Crippen molar-refractivity contribution < 1.29 is 8.78 Å². The molecule has 0 aliphatic heterocycles. The van der Waals surface area contributed by atoms with Gasteiger partial charge in [0.1, 0.15) is 11.6 Å². The number of nitrogens with one attached hydrogen (secondary N) is 1. The Morgan fingerprint density at radius 3 is 2.80 bits per heavy atom. The summed E-state index contributed by atoms with van der Waals surface area (Å²) in [6.07, 6.45) is 4.92. The fourth-order valence-electron chi connectivity index (χ4n) is 1.24. The minimum absolute atomic E-state index is 0.434. The molecule has 1 aromatic carbocycles. The van der Waals surface area contributed by atoms with Crippen molar-refractivity contribution in [3.8, 4) is 0 Å². The first-order valence-electron chi connectivity index (χ1n) is 5.00. The molecule has 0 aromatic heterocycles. The molecule has 0 saturated carbocycles. The molecule has 0 saturated heterocycles. The third kappa shape index (κ3) is 4.21. The number of hydrogen-bond acceptors (Lipinski definition) is 1. The van der Waals surface area contributed by atoms with Crippen molar-refractivity contribution in [2.45, 2.75) is 19.9 Å². The van der Waals surface area contributed by atoms with Gasteiger partial charge in [0.2, 0.25) is 0 Å². The Morgan fingerprint density at radius 2 is 2.13 bits per heavy atom. The summed E-state index contributed by atoms with van der Waals surface area (Å²) >= 11 is 0. The van der Waals surface area contributed by atoms with Gasteiger partial charge in [-0.05, 0) is 26.0 Å². The Kier molecular flexibility index (Phi) is 4.98. The summed E-state index contributed by atoms with van der Waals surface area (Å²) in [5.41, 5.74) is 0.497. The number of rotatable bonds is 5. The highest BCUT2D eigenvalue weighted by molar-refractivity contribution is 5.18. The molecular formula is C12H15F2N. The van der Waals surface area contributed by atoms with E-state index < -0.39 is 11.6 Å². The van der Waals surface area contributed by atoms with E-state index in [9.17, 15) is 8.78 Å². The highest BCUT2D eigenvalue weighted by atomic mass is 19.1. The molecule has 15 heavy (non-hydrogen) atoms. The highest BCUT2D eigenvalue weighted by Gasteiger charge is 2.02. The fraction of sp³-hybridized carbons (Fsp3) is 0.333. The van der Waals surface area contributed by atoms with Gasteiger partial charge in [0.15, 0.2) is 0 Å². The predicted molar refractivity (Wildman–Crippen MR) is 57.5 cm³/mol. The quantitative estimate of drug-likeness (QED) is 0.583. The van der Waals surface area contributed by atoms with Crippen molar-refractivity contribution in [3.05, 3.63) is 47.5 Å². The van der Waals surface area contributed by atoms with E-state index in [1.165, 1.54) is 12.1 Å². The van der Waals surface area contributed by atoms with Crippen LogP contribution < -0.4 is 5.32 Å². The molecule has 0 aliphatic carbocycles. The van der Waals surface area contributed by atoms with Gasteiger partial charge in [-0.25, -0.2) is 8.78 Å². The van der Waals surface area contributed by atoms with Gasteiger partial charge in [0.25, 0.3) is 0 Å². The van der Waals surface area contributed by atoms with Crippen LogP contribution >= 0.6 is 0 Å². The van der Waals surface area contributed by atoms with Gasteiger partial charge in [0.05, 0.1) is 0 Å². The van der Waals surface area contributed by atoms with E-state index in [2.05, 4.69) is 5.32 Å². The minimum Gasteiger partial charge on any atom is -0.312 e. The second-order valence-electron chi connectivity index (χ2n) is 3.27. The van der Waals surface area contributed by atoms with Crippen LogP contribution in [0.15, 0.2) is 30.4 Å². The Labute approximate surface area is 88.8 Å². The van der Waals surface area contributed by atoms with Gasteiger partial charge in [-0.1, -0.05) is 18.2 Å². The van der Waals surface area contributed by atoms with Crippen molar-refractivity contribution in [1.82, 2.24) is 5.32 Å². The monoisotopic (exact) mass is 211 g/mol. The predicted octanol–water partition coefficient (Wildman–Crippen LogP) is 3.02. The Bertz CT molecular complexity index is 334. The minimum atomic E-state index is -0.537. The van der Waals surface area contributed by atoms with Crippen LogP contribution in [0, 0.1) is 11.6 Å². The average Bonchev–Trinajstić information content (AvgIpc) is 2.20. The average molecular weight is 211 g/mol. The van der Waals surface area contributed by atoms with E-state index in [1.807, 2.05) is 19.1 Å². The maximum Gasteiger partial charge on any atom is 0.130 e. The van der Waals surface area contributed by atoms with E-state index >= 15 is 0 Å². The van der Waals surface area contributed by atoms with Crippen LogP contribution in [0.5, 0.6) is 0 Å². The van der Waals surface area contributed by atoms with Crippen LogP contribution in [-0.4, -0.2) is 6.54 Å². The summed E-state index contributed by atoms with van der Waals surface area (Å²) in [5.74, 6) is -1.03. The van der Waals surface area contributed by atoms with Crippen LogP contribution in [0.4, 0.5) is 8.78 Å². The van der Waals surface area contributed by atoms with Crippen molar-refractivity contribution in [1.29, 1.82) is 0 Å². The maximum atomic E-state index is 13.1. The van der Waals surface area contributed by atoms with Gasteiger partial charge >= 0.3 is 0 Å². The molecule has 1 rings (SSSR count). The lowest BCUT2D eigenvalue weighted by molar-refractivity contribution is 0.561. The van der Waals surface area contributed by atoms with Crippen molar-refractivity contribution >= 4 is 0 Å².